The minimum atomic E-state index is -3.85. The molecule has 2 aromatic carbocycles. The normalized spacial score (nSPS) is 18.9. The molecule has 1 aliphatic rings. The molecule has 0 bridgehead atoms. The van der Waals surface area contributed by atoms with Crippen molar-refractivity contribution in [1.82, 2.24) is 19.1 Å². The number of phenolic OH excluding ortho intramolecular Hbond substituents is 2. The van der Waals surface area contributed by atoms with E-state index in [1.807, 2.05) is 4.90 Å². The number of hydrogen-bond acceptors (Lipinski definition) is 9. The summed E-state index contributed by atoms with van der Waals surface area (Å²) in [6.45, 7) is 0.540. The van der Waals surface area contributed by atoms with E-state index in [2.05, 4.69) is 10.1 Å². The van der Waals surface area contributed by atoms with Crippen LogP contribution in [0.4, 0.5) is 0 Å². The molecule has 0 radical (unpaired) electrons. The van der Waals surface area contributed by atoms with Crippen molar-refractivity contribution < 1.29 is 23.0 Å². The first-order chi connectivity index (χ1) is 16.7. The van der Waals surface area contributed by atoms with Crippen molar-refractivity contribution in [3.05, 3.63) is 69.9 Å². The first-order valence-corrected chi connectivity index (χ1v) is 12.7. The Morgan fingerprint density at radius 1 is 1.20 bits per heavy atom. The number of halogens is 1. The van der Waals surface area contributed by atoms with Gasteiger partial charge in [-0.2, -0.15) is 0 Å². The van der Waals surface area contributed by atoms with Crippen LogP contribution in [0.5, 0.6) is 11.5 Å². The fourth-order valence-corrected chi connectivity index (χ4v) is 6.38. The number of fused-ring (bicyclic) bond motifs is 1. The molecule has 1 fully saturated rings. The van der Waals surface area contributed by atoms with Gasteiger partial charge in [-0.1, -0.05) is 23.7 Å². The maximum absolute atomic E-state index is 13.0. The molecule has 0 saturated carbocycles. The molecule has 0 amide bonds. The zero-order valence-corrected chi connectivity index (χ0v) is 20.1. The summed E-state index contributed by atoms with van der Waals surface area (Å²) >= 11 is 6.31. The van der Waals surface area contributed by atoms with E-state index in [9.17, 15) is 23.4 Å². The Balaban J connectivity index is 1.69. The number of phenols is 2. The van der Waals surface area contributed by atoms with Gasteiger partial charge in [0.05, 0.1) is 10.8 Å². The number of aromatic nitrogens is 3. The largest absolute Gasteiger partial charge is 0.507 e. The molecule has 182 valence electrons. The third-order valence-electron chi connectivity index (χ3n) is 6.40. The summed E-state index contributed by atoms with van der Waals surface area (Å²) in [5, 5.41) is 25.4. The van der Waals surface area contributed by atoms with E-state index in [-0.39, 0.29) is 33.8 Å². The van der Waals surface area contributed by atoms with Crippen LogP contribution in [0.1, 0.15) is 17.9 Å². The van der Waals surface area contributed by atoms with Gasteiger partial charge in [0.2, 0.25) is 0 Å². The van der Waals surface area contributed by atoms with Crippen LogP contribution in [0.3, 0.4) is 0 Å². The van der Waals surface area contributed by atoms with Crippen LogP contribution in [0.15, 0.2) is 58.3 Å². The molecule has 3 heterocycles. The second-order valence-electron chi connectivity index (χ2n) is 8.48. The second kappa shape index (κ2) is 8.67. The van der Waals surface area contributed by atoms with Crippen molar-refractivity contribution in [3.8, 4) is 22.8 Å². The molecule has 5 rings (SSSR count). The monoisotopic (exact) mass is 516 g/mol. The summed E-state index contributed by atoms with van der Waals surface area (Å²) < 4.78 is 32.8. The maximum atomic E-state index is 13.0. The number of rotatable bonds is 5. The fourth-order valence-electron chi connectivity index (χ4n) is 4.70. The van der Waals surface area contributed by atoms with Gasteiger partial charge < -0.3 is 19.5 Å². The lowest BCUT2D eigenvalue weighted by Crippen LogP contribution is -2.37. The van der Waals surface area contributed by atoms with Crippen LogP contribution in [0.2, 0.25) is 5.02 Å². The van der Waals surface area contributed by atoms with Gasteiger partial charge in [-0.15, -0.1) is 9.19 Å². The highest BCUT2D eigenvalue weighted by molar-refractivity contribution is 7.89. The lowest BCUT2D eigenvalue weighted by atomic mass is 9.89. The van der Waals surface area contributed by atoms with Crippen LogP contribution in [-0.2, 0) is 10.0 Å². The molecule has 0 aliphatic carbocycles. The lowest BCUT2D eigenvalue weighted by molar-refractivity contribution is 0.315. The number of likely N-dealkylation sites (tertiary alicyclic amines) is 1. The first-order valence-electron chi connectivity index (χ1n) is 10.7. The molecule has 0 spiro atoms. The van der Waals surface area contributed by atoms with Crippen molar-refractivity contribution in [2.75, 3.05) is 19.3 Å². The zero-order chi connectivity index (χ0) is 24.9. The first kappa shape index (κ1) is 23.3. The van der Waals surface area contributed by atoms with Crippen molar-refractivity contribution in [2.24, 2.45) is 0 Å². The number of likely N-dealkylation sites (N-methyl/N-ethyl adjacent to an activating group) is 1. The number of benzene rings is 2. The third-order valence-corrected chi connectivity index (χ3v) is 8.25. The average Bonchev–Trinajstić information content (AvgIpc) is 3.46. The Morgan fingerprint density at radius 3 is 2.69 bits per heavy atom. The minimum Gasteiger partial charge on any atom is -0.507 e. The molecule has 1 aliphatic heterocycles. The summed E-state index contributed by atoms with van der Waals surface area (Å²) in [5.41, 5.74) is 0.203. The van der Waals surface area contributed by atoms with E-state index in [0.29, 0.717) is 23.6 Å². The standard InChI is InChI=1S/C23H21ClN4O6S/c1-27-7-6-14(16(27)10-35(32,33)28-12-25-11-26-28)21-17(29)8-18(30)22-19(31)9-20(34-23(21)22)13-4-2-3-5-15(13)24/h2-5,8-9,11-12,14,16,29-30H,6-7,10H2,1H3. The number of nitrogens with zero attached hydrogens (tertiary/aromatic N) is 4. The SMILES string of the molecule is CN1CCC(c2c(O)cc(O)c3c(=O)cc(-c4ccccc4Cl)oc23)C1CS(=O)(=O)n1cncn1. The Hall–Kier alpha value is -3.41. The van der Waals surface area contributed by atoms with Crippen molar-refractivity contribution in [1.29, 1.82) is 0 Å². The predicted molar refractivity (Wildman–Crippen MR) is 129 cm³/mol. The van der Waals surface area contributed by atoms with Crippen LogP contribution in [0.25, 0.3) is 22.3 Å². The summed E-state index contributed by atoms with van der Waals surface area (Å²) in [6.07, 6.45) is 2.74. The molecule has 2 unspecified atom stereocenters. The quantitative estimate of drug-likeness (QED) is 0.410. The van der Waals surface area contributed by atoms with Gasteiger partial charge in [0.1, 0.15) is 40.9 Å². The van der Waals surface area contributed by atoms with Gasteiger partial charge in [-0.3, -0.25) is 4.79 Å². The summed E-state index contributed by atoms with van der Waals surface area (Å²) in [6, 6.07) is 8.57. The van der Waals surface area contributed by atoms with Crippen LogP contribution < -0.4 is 5.43 Å². The predicted octanol–water partition coefficient (Wildman–Crippen LogP) is 2.78. The average molecular weight is 517 g/mol. The lowest BCUT2D eigenvalue weighted by Gasteiger charge is -2.26. The second-order valence-corrected chi connectivity index (χ2v) is 10.8. The van der Waals surface area contributed by atoms with Gasteiger partial charge in [0.25, 0.3) is 10.0 Å². The van der Waals surface area contributed by atoms with Gasteiger partial charge in [0.15, 0.2) is 5.43 Å². The number of hydrogen-bond donors (Lipinski definition) is 2. The highest BCUT2D eigenvalue weighted by atomic mass is 35.5. The number of aromatic hydroxyl groups is 2. The van der Waals surface area contributed by atoms with E-state index >= 15 is 0 Å². The summed E-state index contributed by atoms with van der Waals surface area (Å²) in [4.78, 5) is 18.6. The summed E-state index contributed by atoms with van der Waals surface area (Å²) in [7, 11) is -2.07. The molecule has 1 saturated heterocycles. The third kappa shape index (κ3) is 4.05. The molecule has 10 nitrogen and oxygen atoms in total. The molecule has 12 heteroatoms. The molecule has 35 heavy (non-hydrogen) atoms. The van der Waals surface area contributed by atoms with E-state index in [4.69, 9.17) is 16.0 Å². The zero-order valence-electron chi connectivity index (χ0n) is 18.5. The molecule has 2 atom stereocenters. The van der Waals surface area contributed by atoms with E-state index in [1.165, 1.54) is 6.07 Å². The Labute approximate surface area is 205 Å². The van der Waals surface area contributed by atoms with Crippen LogP contribution >= 0.6 is 11.6 Å². The molecular weight excluding hydrogens is 496 g/mol. The highest BCUT2D eigenvalue weighted by Crippen LogP contribution is 2.45. The van der Waals surface area contributed by atoms with E-state index in [0.717, 1.165) is 22.8 Å². The Bertz CT molecular complexity index is 1590. The van der Waals surface area contributed by atoms with Gasteiger partial charge in [0, 0.05) is 35.2 Å². The van der Waals surface area contributed by atoms with E-state index in [1.54, 1.807) is 31.3 Å². The Morgan fingerprint density at radius 2 is 1.97 bits per heavy atom. The molecule has 2 N–H and O–H groups in total. The van der Waals surface area contributed by atoms with Gasteiger partial charge in [-0.25, -0.2) is 13.4 Å². The summed E-state index contributed by atoms with van der Waals surface area (Å²) in [5.74, 6) is -1.39. The van der Waals surface area contributed by atoms with Crippen molar-refractivity contribution in [3.63, 3.8) is 0 Å². The highest BCUT2D eigenvalue weighted by Gasteiger charge is 2.40. The van der Waals surface area contributed by atoms with Crippen molar-refractivity contribution in [2.45, 2.75) is 18.4 Å². The van der Waals surface area contributed by atoms with Crippen LogP contribution in [0, 0.1) is 0 Å². The maximum Gasteiger partial charge on any atom is 0.256 e. The van der Waals surface area contributed by atoms with Crippen LogP contribution in [-0.4, -0.2) is 63.1 Å². The smallest absolute Gasteiger partial charge is 0.256 e. The van der Waals surface area contributed by atoms with Crippen molar-refractivity contribution >= 4 is 32.6 Å². The molecular formula is C23H21ClN4O6S. The molecule has 2 aromatic heterocycles. The minimum absolute atomic E-state index is 0.00614. The fraction of sp³-hybridized carbons (Fsp3) is 0.261. The topological polar surface area (TPSA) is 139 Å². The van der Waals surface area contributed by atoms with E-state index < -0.39 is 33.2 Å². The van der Waals surface area contributed by atoms with Gasteiger partial charge >= 0.3 is 0 Å². The molecule has 4 aromatic rings. The van der Waals surface area contributed by atoms with Gasteiger partial charge in [-0.05, 0) is 32.1 Å². The Kier molecular flexibility index (Phi) is 5.78.